The normalized spacial score (nSPS) is 10.3. The molecular formula is C22H29N3O2. The molecule has 0 atom stereocenters. The number of hydrogen-bond acceptors (Lipinski definition) is 3. The minimum Gasteiger partial charge on any atom is -0.378 e. The molecule has 1 aromatic rings. The van der Waals surface area contributed by atoms with Crippen molar-refractivity contribution in [1.82, 2.24) is 9.80 Å². The first-order valence-corrected chi connectivity index (χ1v) is 8.79. The Morgan fingerprint density at radius 2 is 1.37 bits per heavy atom. The Hall–Kier alpha value is -3.08. The first-order chi connectivity index (χ1) is 12.9. The standard InChI is InChI=1S/C22H29N3O2/c1-6-15-24(21(26)8-3)17-9-10-18-25(16-7-2)22(27)19-11-13-20(14-12-19)23(4)5/h6-14H,1-3,15-18H2,4-5H3/b10-9+. The van der Waals surface area contributed by atoms with Crippen molar-refractivity contribution in [3.05, 3.63) is 79.9 Å². The molecular weight excluding hydrogens is 338 g/mol. The minimum absolute atomic E-state index is 0.0602. The van der Waals surface area contributed by atoms with E-state index in [0.717, 1.165) is 5.69 Å². The zero-order valence-electron chi connectivity index (χ0n) is 16.3. The molecule has 144 valence electrons. The molecule has 0 radical (unpaired) electrons. The van der Waals surface area contributed by atoms with Crippen LogP contribution < -0.4 is 4.90 Å². The lowest BCUT2D eigenvalue weighted by atomic mass is 10.1. The molecule has 5 nitrogen and oxygen atoms in total. The molecule has 0 fully saturated rings. The van der Waals surface area contributed by atoms with Crippen molar-refractivity contribution in [3.63, 3.8) is 0 Å². The third kappa shape index (κ3) is 6.98. The number of nitrogens with zero attached hydrogens (tertiary/aromatic N) is 3. The van der Waals surface area contributed by atoms with Crippen molar-refractivity contribution >= 4 is 17.5 Å². The van der Waals surface area contributed by atoms with Crippen molar-refractivity contribution in [3.8, 4) is 0 Å². The molecule has 0 bridgehead atoms. The largest absolute Gasteiger partial charge is 0.378 e. The molecule has 5 heteroatoms. The van der Waals surface area contributed by atoms with Crippen LogP contribution in [0.1, 0.15) is 10.4 Å². The van der Waals surface area contributed by atoms with Crippen molar-refractivity contribution in [2.24, 2.45) is 0 Å². The molecule has 0 aromatic heterocycles. The van der Waals surface area contributed by atoms with E-state index >= 15 is 0 Å². The molecule has 0 aliphatic heterocycles. The number of benzene rings is 1. The lowest BCUT2D eigenvalue weighted by Gasteiger charge is -2.21. The topological polar surface area (TPSA) is 43.9 Å². The highest BCUT2D eigenvalue weighted by Gasteiger charge is 2.13. The Bertz CT molecular complexity index is 690. The maximum atomic E-state index is 12.7. The summed E-state index contributed by atoms with van der Waals surface area (Å²) in [6, 6.07) is 7.49. The van der Waals surface area contributed by atoms with Crippen LogP contribution in [0, 0.1) is 0 Å². The lowest BCUT2D eigenvalue weighted by molar-refractivity contribution is -0.125. The SMILES string of the molecule is C=CCN(C/C=C/CN(CC=C)C(=O)c1ccc(N(C)C)cc1)C(=O)C=C. The van der Waals surface area contributed by atoms with E-state index in [4.69, 9.17) is 0 Å². The summed E-state index contributed by atoms with van der Waals surface area (Å²) >= 11 is 0. The molecule has 27 heavy (non-hydrogen) atoms. The predicted octanol–water partition coefficient (Wildman–Crippen LogP) is 3.14. The van der Waals surface area contributed by atoms with E-state index in [9.17, 15) is 9.59 Å². The van der Waals surface area contributed by atoms with Crippen LogP contribution in [0.4, 0.5) is 5.69 Å². The van der Waals surface area contributed by atoms with Crippen LogP contribution in [-0.2, 0) is 4.79 Å². The average molecular weight is 367 g/mol. The zero-order valence-corrected chi connectivity index (χ0v) is 16.3. The van der Waals surface area contributed by atoms with Gasteiger partial charge < -0.3 is 14.7 Å². The Morgan fingerprint density at radius 3 is 1.85 bits per heavy atom. The summed E-state index contributed by atoms with van der Waals surface area (Å²) in [6.07, 6.45) is 8.39. The third-order valence-electron chi connectivity index (χ3n) is 3.92. The summed E-state index contributed by atoms with van der Waals surface area (Å²) in [4.78, 5) is 29.8. The maximum Gasteiger partial charge on any atom is 0.254 e. The van der Waals surface area contributed by atoms with Gasteiger partial charge in [-0.15, -0.1) is 13.2 Å². The van der Waals surface area contributed by atoms with E-state index in [1.807, 2.05) is 55.4 Å². The van der Waals surface area contributed by atoms with Crippen molar-refractivity contribution in [1.29, 1.82) is 0 Å². The van der Waals surface area contributed by atoms with E-state index in [1.165, 1.54) is 6.08 Å². The van der Waals surface area contributed by atoms with Gasteiger partial charge in [0.25, 0.3) is 5.91 Å². The van der Waals surface area contributed by atoms with Gasteiger partial charge in [0, 0.05) is 51.5 Å². The number of carbonyl (C=O) groups excluding carboxylic acids is 2. The summed E-state index contributed by atoms with van der Waals surface area (Å²) in [7, 11) is 3.91. The quantitative estimate of drug-likeness (QED) is 0.446. The Balaban J connectivity index is 2.75. The molecule has 0 spiro atoms. The average Bonchev–Trinajstić information content (AvgIpc) is 2.68. The van der Waals surface area contributed by atoms with Gasteiger partial charge in [-0.05, 0) is 30.3 Å². The molecule has 0 saturated carbocycles. The van der Waals surface area contributed by atoms with Gasteiger partial charge in [-0.1, -0.05) is 30.9 Å². The van der Waals surface area contributed by atoms with Crippen LogP contribution in [0.25, 0.3) is 0 Å². The fraction of sp³-hybridized carbons (Fsp3) is 0.273. The monoisotopic (exact) mass is 367 g/mol. The van der Waals surface area contributed by atoms with E-state index in [2.05, 4.69) is 19.7 Å². The second kappa shape index (κ2) is 11.5. The summed E-state index contributed by atoms with van der Waals surface area (Å²) in [6.45, 7) is 12.6. The highest BCUT2D eigenvalue weighted by atomic mass is 16.2. The maximum absolute atomic E-state index is 12.7. The van der Waals surface area contributed by atoms with Crippen molar-refractivity contribution in [2.75, 3.05) is 45.2 Å². The van der Waals surface area contributed by atoms with Crippen LogP contribution in [0.2, 0.25) is 0 Å². The van der Waals surface area contributed by atoms with Crippen LogP contribution in [0.15, 0.2) is 74.4 Å². The van der Waals surface area contributed by atoms with Gasteiger partial charge in [0.2, 0.25) is 5.91 Å². The summed E-state index contributed by atoms with van der Waals surface area (Å²) in [5, 5.41) is 0. The van der Waals surface area contributed by atoms with E-state index in [-0.39, 0.29) is 11.8 Å². The van der Waals surface area contributed by atoms with Gasteiger partial charge in [0.05, 0.1) is 0 Å². The van der Waals surface area contributed by atoms with Crippen LogP contribution >= 0.6 is 0 Å². The fourth-order valence-electron chi connectivity index (χ4n) is 2.42. The number of carbonyl (C=O) groups is 2. The lowest BCUT2D eigenvalue weighted by Crippen LogP contribution is -2.32. The number of amides is 2. The molecule has 0 aliphatic rings. The predicted molar refractivity (Wildman–Crippen MR) is 113 cm³/mol. The fourth-order valence-corrected chi connectivity index (χ4v) is 2.42. The molecule has 1 rings (SSSR count). The van der Waals surface area contributed by atoms with Crippen LogP contribution in [0.3, 0.4) is 0 Å². The Labute approximate surface area is 162 Å². The van der Waals surface area contributed by atoms with E-state index < -0.39 is 0 Å². The van der Waals surface area contributed by atoms with E-state index in [0.29, 0.717) is 31.7 Å². The molecule has 0 heterocycles. The molecule has 0 saturated heterocycles. The summed E-state index contributed by atoms with van der Waals surface area (Å²) < 4.78 is 0. The number of anilines is 1. The molecule has 0 aliphatic carbocycles. The first kappa shape index (κ1) is 22.0. The Morgan fingerprint density at radius 1 is 0.852 bits per heavy atom. The van der Waals surface area contributed by atoms with Gasteiger partial charge in [-0.2, -0.15) is 0 Å². The van der Waals surface area contributed by atoms with Crippen LogP contribution in [-0.4, -0.2) is 61.9 Å². The first-order valence-electron chi connectivity index (χ1n) is 8.79. The van der Waals surface area contributed by atoms with Crippen molar-refractivity contribution in [2.45, 2.75) is 0 Å². The molecule has 0 unspecified atom stereocenters. The van der Waals surface area contributed by atoms with Crippen LogP contribution in [0.5, 0.6) is 0 Å². The second-order valence-electron chi connectivity index (χ2n) is 6.15. The third-order valence-corrected chi connectivity index (χ3v) is 3.92. The van der Waals surface area contributed by atoms with Gasteiger partial charge in [0.1, 0.15) is 0 Å². The van der Waals surface area contributed by atoms with Crippen molar-refractivity contribution < 1.29 is 9.59 Å². The highest BCUT2D eigenvalue weighted by Crippen LogP contribution is 2.14. The van der Waals surface area contributed by atoms with E-state index in [1.54, 1.807) is 22.0 Å². The molecule has 2 amide bonds. The molecule has 1 aromatic carbocycles. The van der Waals surface area contributed by atoms with Gasteiger partial charge in [-0.25, -0.2) is 0 Å². The Kier molecular flexibility index (Phi) is 9.37. The number of hydrogen-bond donors (Lipinski definition) is 0. The minimum atomic E-state index is -0.153. The second-order valence-corrected chi connectivity index (χ2v) is 6.15. The smallest absolute Gasteiger partial charge is 0.254 e. The number of rotatable bonds is 11. The molecule has 0 N–H and O–H groups in total. The summed E-state index contributed by atoms with van der Waals surface area (Å²) in [5.74, 6) is -0.213. The van der Waals surface area contributed by atoms with Gasteiger partial charge in [0.15, 0.2) is 0 Å². The van der Waals surface area contributed by atoms with Gasteiger partial charge in [-0.3, -0.25) is 9.59 Å². The highest BCUT2D eigenvalue weighted by molar-refractivity contribution is 5.94. The zero-order chi connectivity index (χ0) is 20.2. The summed E-state index contributed by atoms with van der Waals surface area (Å²) in [5.41, 5.74) is 1.67. The van der Waals surface area contributed by atoms with Gasteiger partial charge >= 0.3 is 0 Å².